The highest BCUT2D eigenvalue weighted by Gasteiger charge is 2.14. The van der Waals surface area contributed by atoms with E-state index in [9.17, 15) is 0 Å². The van der Waals surface area contributed by atoms with Gasteiger partial charge in [-0.1, -0.05) is 20.8 Å². The lowest BCUT2D eigenvalue weighted by molar-refractivity contribution is 0.370. The van der Waals surface area contributed by atoms with Crippen LogP contribution in [0.15, 0.2) is 22.9 Å². The summed E-state index contributed by atoms with van der Waals surface area (Å²) in [5, 5.41) is 3.53. The third-order valence-corrected chi connectivity index (χ3v) is 3.35. The SMILES string of the molecule is CCNC(CC)C(C)Cc1cncc(Br)c1. The molecular weight excluding hydrogens is 264 g/mol. The maximum Gasteiger partial charge on any atom is 0.0410 e. The van der Waals surface area contributed by atoms with Crippen molar-refractivity contribution in [3.8, 4) is 0 Å². The average molecular weight is 285 g/mol. The number of nitrogens with zero attached hydrogens (tertiary/aromatic N) is 1. The van der Waals surface area contributed by atoms with Gasteiger partial charge in [0.2, 0.25) is 0 Å². The molecule has 2 unspecified atom stereocenters. The molecule has 0 aliphatic carbocycles. The molecule has 0 aromatic carbocycles. The average Bonchev–Trinajstić information content (AvgIpc) is 2.25. The van der Waals surface area contributed by atoms with Gasteiger partial charge in [-0.3, -0.25) is 4.98 Å². The van der Waals surface area contributed by atoms with Gasteiger partial charge in [-0.15, -0.1) is 0 Å². The van der Waals surface area contributed by atoms with Crippen molar-refractivity contribution in [3.63, 3.8) is 0 Å². The van der Waals surface area contributed by atoms with Crippen LogP contribution in [0, 0.1) is 5.92 Å². The van der Waals surface area contributed by atoms with Gasteiger partial charge in [-0.25, -0.2) is 0 Å². The van der Waals surface area contributed by atoms with Gasteiger partial charge >= 0.3 is 0 Å². The van der Waals surface area contributed by atoms with Gasteiger partial charge in [0.15, 0.2) is 0 Å². The molecule has 1 N–H and O–H groups in total. The molecular formula is C13H21BrN2. The third-order valence-electron chi connectivity index (χ3n) is 2.91. The molecule has 2 nitrogen and oxygen atoms in total. The standard InChI is InChI=1S/C13H21BrN2/c1-4-13(16-5-2)10(3)6-11-7-12(14)9-15-8-11/h7-10,13,16H,4-6H2,1-3H3. The Hall–Kier alpha value is -0.410. The summed E-state index contributed by atoms with van der Waals surface area (Å²) in [5.74, 6) is 0.640. The minimum Gasteiger partial charge on any atom is -0.314 e. The summed E-state index contributed by atoms with van der Waals surface area (Å²) in [5.41, 5.74) is 1.30. The molecule has 16 heavy (non-hydrogen) atoms. The molecule has 0 amide bonds. The highest BCUT2D eigenvalue weighted by molar-refractivity contribution is 9.10. The number of pyridine rings is 1. The number of rotatable bonds is 6. The zero-order valence-corrected chi connectivity index (χ0v) is 11.9. The van der Waals surface area contributed by atoms with E-state index in [2.05, 4.69) is 53.1 Å². The summed E-state index contributed by atoms with van der Waals surface area (Å²) in [4.78, 5) is 4.20. The first kappa shape index (κ1) is 13.7. The van der Waals surface area contributed by atoms with E-state index in [1.807, 2.05) is 12.4 Å². The quantitative estimate of drug-likeness (QED) is 0.866. The lowest BCUT2D eigenvalue weighted by Gasteiger charge is -2.23. The summed E-state index contributed by atoms with van der Waals surface area (Å²) in [6.07, 6.45) is 6.05. The van der Waals surface area contributed by atoms with Crippen LogP contribution in [0.2, 0.25) is 0 Å². The molecule has 0 aliphatic heterocycles. The Morgan fingerprint density at radius 1 is 1.38 bits per heavy atom. The first-order valence-corrected chi connectivity index (χ1v) is 6.79. The van der Waals surface area contributed by atoms with E-state index in [1.165, 1.54) is 12.0 Å². The molecule has 0 bridgehead atoms. The Kier molecular flexibility index (Phi) is 5.99. The van der Waals surface area contributed by atoms with Crippen LogP contribution < -0.4 is 5.32 Å². The van der Waals surface area contributed by atoms with Crippen molar-refractivity contribution in [1.29, 1.82) is 0 Å². The lowest BCUT2D eigenvalue weighted by atomic mass is 9.93. The molecule has 0 spiro atoms. The molecule has 1 heterocycles. The highest BCUT2D eigenvalue weighted by Crippen LogP contribution is 2.16. The van der Waals surface area contributed by atoms with Gasteiger partial charge in [-0.05, 0) is 52.9 Å². The number of hydrogen-bond acceptors (Lipinski definition) is 2. The fourth-order valence-electron chi connectivity index (χ4n) is 2.09. The zero-order valence-electron chi connectivity index (χ0n) is 10.3. The van der Waals surface area contributed by atoms with Crippen molar-refractivity contribution in [1.82, 2.24) is 10.3 Å². The number of aromatic nitrogens is 1. The Morgan fingerprint density at radius 2 is 2.12 bits per heavy atom. The second kappa shape index (κ2) is 7.02. The third kappa shape index (κ3) is 4.22. The largest absolute Gasteiger partial charge is 0.314 e. The van der Waals surface area contributed by atoms with Gasteiger partial charge in [0.25, 0.3) is 0 Å². The zero-order chi connectivity index (χ0) is 12.0. The van der Waals surface area contributed by atoms with Crippen LogP contribution in [0.3, 0.4) is 0 Å². The normalized spacial score (nSPS) is 14.8. The van der Waals surface area contributed by atoms with Crippen molar-refractivity contribution in [2.45, 2.75) is 39.7 Å². The predicted octanol–water partition coefficient (Wildman–Crippen LogP) is 3.41. The van der Waals surface area contributed by atoms with Crippen molar-refractivity contribution in [3.05, 3.63) is 28.5 Å². The minimum absolute atomic E-state index is 0.601. The molecule has 1 aromatic rings. The van der Waals surface area contributed by atoms with Crippen molar-refractivity contribution >= 4 is 15.9 Å². The molecule has 3 heteroatoms. The van der Waals surface area contributed by atoms with E-state index < -0.39 is 0 Å². The van der Waals surface area contributed by atoms with Gasteiger partial charge < -0.3 is 5.32 Å². The van der Waals surface area contributed by atoms with Crippen LogP contribution in [0.4, 0.5) is 0 Å². The van der Waals surface area contributed by atoms with Gasteiger partial charge in [0.05, 0.1) is 0 Å². The smallest absolute Gasteiger partial charge is 0.0410 e. The maximum atomic E-state index is 4.20. The minimum atomic E-state index is 0.601. The van der Waals surface area contributed by atoms with Crippen LogP contribution in [0.25, 0.3) is 0 Å². The van der Waals surface area contributed by atoms with Gasteiger partial charge in [-0.2, -0.15) is 0 Å². The second-order valence-corrected chi connectivity index (χ2v) is 5.18. The molecule has 1 rings (SSSR count). The second-order valence-electron chi connectivity index (χ2n) is 4.27. The van der Waals surface area contributed by atoms with E-state index in [0.717, 1.165) is 17.4 Å². The summed E-state index contributed by atoms with van der Waals surface area (Å²) in [6, 6.07) is 2.76. The predicted molar refractivity (Wildman–Crippen MR) is 72.6 cm³/mol. The number of nitrogens with one attached hydrogen (secondary N) is 1. The fourth-order valence-corrected chi connectivity index (χ4v) is 2.50. The first-order valence-electron chi connectivity index (χ1n) is 6.00. The van der Waals surface area contributed by atoms with Gasteiger partial charge in [0.1, 0.15) is 0 Å². The van der Waals surface area contributed by atoms with Crippen molar-refractivity contribution < 1.29 is 0 Å². The Balaban J connectivity index is 2.58. The highest BCUT2D eigenvalue weighted by atomic mass is 79.9. The van der Waals surface area contributed by atoms with Crippen molar-refractivity contribution in [2.24, 2.45) is 5.92 Å². The molecule has 2 atom stereocenters. The molecule has 1 aromatic heterocycles. The monoisotopic (exact) mass is 284 g/mol. The molecule has 0 saturated carbocycles. The van der Waals surface area contributed by atoms with E-state index in [4.69, 9.17) is 0 Å². The summed E-state index contributed by atoms with van der Waals surface area (Å²) >= 11 is 3.46. The topological polar surface area (TPSA) is 24.9 Å². The van der Waals surface area contributed by atoms with Crippen molar-refractivity contribution in [2.75, 3.05) is 6.54 Å². The summed E-state index contributed by atoms with van der Waals surface area (Å²) in [7, 11) is 0. The van der Waals surface area contributed by atoms with Crippen LogP contribution >= 0.6 is 15.9 Å². The molecule has 0 aliphatic rings. The first-order chi connectivity index (χ1) is 7.67. The number of halogens is 1. The van der Waals surface area contributed by atoms with Crippen LogP contribution in [0.5, 0.6) is 0 Å². The Bertz CT molecular complexity index is 315. The molecule has 0 radical (unpaired) electrons. The van der Waals surface area contributed by atoms with Gasteiger partial charge in [0, 0.05) is 22.9 Å². The Morgan fingerprint density at radius 3 is 2.69 bits per heavy atom. The number of hydrogen-bond donors (Lipinski definition) is 1. The molecule has 90 valence electrons. The Labute approximate surface area is 107 Å². The van der Waals surface area contributed by atoms with Crippen LogP contribution in [-0.2, 0) is 6.42 Å². The van der Waals surface area contributed by atoms with Crippen LogP contribution in [0.1, 0.15) is 32.8 Å². The molecule has 0 fully saturated rings. The van der Waals surface area contributed by atoms with Crippen LogP contribution in [-0.4, -0.2) is 17.6 Å². The van der Waals surface area contributed by atoms with E-state index >= 15 is 0 Å². The summed E-state index contributed by atoms with van der Waals surface area (Å²) < 4.78 is 1.06. The fraction of sp³-hybridized carbons (Fsp3) is 0.615. The van der Waals surface area contributed by atoms with E-state index in [-0.39, 0.29) is 0 Å². The van der Waals surface area contributed by atoms with E-state index in [0.29, 0.717) is 12.0 Å². The van der Waals surface area contributed by atoms with E-state index in [1.54, 1.807) is 0 Å². The summed E-state index contributed by atoms with van der Waals surface area (Å²) in [6.45, 7) is 7.75. The molecule has 0 saturated heterocycles. The maximum absolute atomic E-state index is 4.20. The lowest BCUT2D eigenvalue weighted by Crippen LogP contribution is -2.35.